The summed E-state index contributed by atoms with van der Waals surface area (Å²) in [4.78, 5) is 21.6. The molecule has 3 aromatic rings. The van der Waals surface area contributed by atoms with Crippen molar-refractivity contribution in [2.24, 2.45) is 0 Å². The van der Waals surface area contributed by atoms with Crippen molar-refractivity contribution in [2.45, 2.75) is 12.5 Å². The van der Waals surface area contributed by atoms with Gasteiger partial charge in [0, 0.05) is 30.8 Å². The van der Waals surface area contributed by atoms with E-state index in [1.54, 1.807) is 29.6 Å². The van der Waals surface area contributed by atoms with Crippen molar-refractivity contribution in [2.75, 3.05) is 13.1 Å². The third-order valence-electron chi connectivity index (χ3n) is 3.93. The van der Waals surface area contributed by atoms with Crippen molar-refractivity contribution < 1.29 is 9.53 Å². The van der Waals surface area contributed by atoms with E-state index < -0.39 is 0 Å². The molecule has 7 heteroatoms. The third kappa shape index (κ3) is 2.73. The Bertz CT molecular complexity index is 833. The minimum Gasteiger partial charge on any atom is -0.471 e. The first-order valence-electron chi connectivity index (χ1n) is 7.46. The number of imidazole rings is 1. The lowest BCUT2D eigenvalue weighted by Gasteiger charge is -2.17. The van der Waals surface area contributed by atoms with Crippen molar-refractivity contribution in [1.82, 2.24) is 25.1 Å². The van der Waals surface area contributed by atoms with Crippen LogP contribution >= 0.6 is 0 Å². The minimum absolute atomic E-state index is 0.00625. The first-order chi connectivity index (χ1) is 11.3. The van der Waals surface area contributed by atoms with Gasteiger partial charge >= 0.3 is 0 Å². The predicted molar refractivity (Wildman–Crippen MR) is 83.1 cm³/mol. The molecule has 0 aliphatic carbocycles. The molecular formula is C16H15N5O2. The molecule has 1 saturated heterocycles. The van der Waals surface area contributed by atoms with Crippen LogP contribution in [-0.4, -0.2) is 50.2 Å². The number of nitrogens with zero attached hydrogens (tertiary/aromatic N) is 4. The summed E-state index contributed by atoms with van der Waals surface area (Å²) in [7, 11) is 0. The number of rotatable bonds is 3. The second-order valence-corrected chi connectivity index (χ2v) is 5.48. The quantitative estimate of drug-likeness (QED) is 0.795. The number of benzene rings is 1. The largest absolute Gasteiger partial charge is 0.471 e. The third-order valence-corrected chi connectivity index (χ3v) is 3.93. The molecule has 0 radical (unpaired) electrons. The summed E-state index contributed by atoms with van der Waals surface area (Å²) < 4.78 is 5.77. The second-order valence-electron chi connectivity index (χ2n) is 5.48. The molecule has 2 aromatic heterocycles. The Morgan fingerprint density at radius 3 is 3.17 bits per heavy atom. The standard InChI is InChI=1S/C16H15N5O2/c22-16(11-3-4-13-14(8-11)18-10-17-13)21-7-5-12(9-21)23-15-2-1-6-19-20-15/h1-4,6,8,10,12H,5,7,9H2,(H,17,18). The van der Waals surface area contributed by atoms with E-state index in [1.807, 2.05) is 18.2 Å². The molecule has 1 aliphatic heterocycles. The van der Waals surface area contributed by atoms with Crippen LogP contribution in [0.5, 0.6) is 5.88 Å². The number of likely N-dealkylation sites (tertiary alicyclic amines) is 1. The summed E-state index contributed by atoms with van der Waals surface area (Å²) in [5.41, 5.74) is 2.37. The average Bonchev–Trinajstić information content (AvgIpc) is 3.23. The number of hydrogen-bond donors (Lipinski definition) is 1. The smallest absolute Gasteiger partial charge is 0.254 e. The summed E-state index contributed by atoms with van der Waals surface area (Å²) in [5, 5.41) is 7.70. The van der Waals surface area contributed by atoms with E-state index in [0.29, 0.717) is 24.5 Å². The van der Waals surface area contributed by atoms with Crippen LogP contribution in [0.25, 0.3) is 11.0 Å². The number of amides is 1. The van der Waals surface area contributed by atoms with Gasteiger partial charge in [0.15, 0.2) is 0 Å². The molecule has 4 rings (SSSR count). The summed E-state index contributed by atoms with van der Waals surface area (Å²) in [6.07, 6.45) is 3.96. The fraction of sp³-hybridized carbons (Fsp3) is 0.250. The highest BCUT2D eigenvalue weighted by Crippen LogP contribution is 2.19. The molecule has 0 bridgehead atoms. The predicted octanol–water partition coefficient (Wildman–Crippen LogP) is 1.65. The van der Waals surface area contributed by atoms with Gasteiger partial charge in [-0.15, -0.1) is 5.10 Å². The number of nitrogens with one attached hydrogen (secondary N) is 1. The molecule has 1 amide bonds. The van der Waals surface area contributed by atoms with Crippen LogP contribution in [0.2, 0.25) is 0 Å². The number of ether oxygens (including phenoxy) is 1. The molecule has 7 nitrogen and oxygen atoms in total. The summed E-state index contributed by atoms with van der Waals surface area (Å²) in [5.74, 6) is 0.498. The zero-order valence-electron chi connectivity index (χ0n) is 12.3. The van der Waals surface area contributed by atoms with Gasteiger partial charge in [-0.2, -0.15) is 5.10 Å². The first-order valence-corrected chi connectivity index (χ1v) is 7.46. The number of hydrogen-bond acceptors (Lipinski definition) is 5. The molecule has 3 heterocycles. The fourth-order valence-corrected chi connectivity index (χ4v) is 2.78. The molecular weight excluding hydrogens is 294 g/mol. The fourth-order valence-electron chi connectivity index (χ4n) is 2.78. The number of carbonyl (C=O) groups is 1. The van der Waals surface area contributed by atoms with Crippen molar-refractivity contribution in [3.05, 3.63) is 48.4 Å². The molecule has 1 aromatic carbocycles. The Hall–Kier alpha value is -2.96. The monoisotopic (exact) mass is 309 g/mol. The van der Waals surface area contributed by atoms with Gasteiger partial charge in [0.05, 0.1) is 23.9 Å². The second kappa shape index (κ2) is 5.68. The lowest BCUT2D eigenvalue weighted by molar-refractivity contribution is 0.0771. The van der Waals surface area contributed by atoms with Crippen LogP contribution in [0, 0.1) is 0 Å². The highest BCUT2D eigenvalue weighted by Gasteiger charge is 2.28. The van der Waals surface area contributed by atoms with Crippen LogP contribution in [0.1, 0.15) is 16.8 Å². The van der Waals surface area contributed by atoms with Gasteiger partial charge in [-0.05, 0) is 24.3 Å². The van der Waals surface area contributed by atoms with Gasteiger partial charge in [0.2, 0.25) is 5.88 Å². The number of aromatic nitrogens is 4. The van der Waals surface area contributed by atoms with Crippen LogP contribution in [0.15, 0.2) is 42.9 Å². The van der Waals surface area contributed by atoms with Gasteiger partial charge in [-0.1, -0.05) is 0 Å². The molecule has 1 atom stereocenters. The number of H-pyrrole nitrogens is 1. The lowest BCUT2D eigenvalue weighted by atomic mass is 10.2. The Morgan fingerprint density at radius 2 is 2.30 bits per heavy atom. The highest BCUT2D eigenvalue weighted by molar-refractivity contribution is 5.97. The van der Waals surface area contributed by atoms with Crippen molar-refractivity contribution in [1.29, 1.82) is 0 Å². The zero-order valence-corrected chi connectivity index (χ0v) is 12.3. The minimum atomic E-state index is -0.0495. The number of fused-ring (bicyclic) bond motifs is 1. The van der Waals surface area contributed by atoms with Crippen LogP contribution in [0.4, 0.5) is 0 Å². The lowest BCUT2D eigenvalue weighted by Crippen LogP contribution is -2.31. The van der Waals surface area contributed by atoms with E-state index in [-0.39, 0.29) is 12.0 Å². The van der Waals surface area contributed by atoms with Crippen LogP contribution < -0.4 is 4.74 Å². The molecule has 0 spiro atoms. The molecule has 1 fully saturated rings. The normalized spacial score (nSPS) is 17.6. The molecule has 23 heavy (non-hydrogen) atoms. The maximum Gasteiger partial charge on any atom is 0.254 e. The van der Waals surface area contributed by atoms with E-state index in [1.165, 1.54) is 0 Å². The van der Waals surface area contributed by atoms with Gasteiger partial charge in [0.1, 0.15) is 6.10 Å². The van der Waals surface area contributed by atoms with Gasteiger partial charge < -0.3 is 14.6 Å². The van der Waals surface area contributed by atoms with E-state index >= 15 is 0 Å². The number of aromatic amines is 1. The Balaban J connectivity index is 1.45. The SMILES string of the molecule is O=C(c1ccc2nc[nH]c2c1)N1CCC(Oc2cccnn2)C1. The Morgan fingerprint density at radius 1 is 1.35 bits per heavy atom. The van der Waals surface area contributed by atoms with Crippen molar-refractivity contribution in [3.8, 4) is 5.88 Å². The summed E-state index contributed by atoms with van der Waals surface area (Å²) >= 11 is 0. The zero-order chi connectivity index (χ0) is 15.6. The van der Waals surface area contributed by atoms with E-state index in [9.17, 15) is 4.79 Å². The van der Waals surface area contributed by atoms with Gasteiger partial charge in [-0.3, -0.25) is 4.79 Å². The first kappa shape index (κ1) is 13.7. The Kier molecular flexibility index (Phi) is 3.38. The topological polar surface area (TPSA) is 84.0 Å². The van der Waals surface area contributed by atoms with Crippen molar-refractivity contribution >= 4 is 16.9 Å². The maximum atomic E-state index is 12.6. The van der Waals surface area contributed by atoms with E-state index in [0.717, 1.165) is 17.5 Å². The molecule has 1 N–H and O–H groups in total. The molecule has 1 aliphatic rings. The van der Waals surface area contributed by atoms with Crippen LogP contribution in [0.3, 0.4) is 0 Å². The molecule has 0 saturated carbocycles. The van der Waals surface area contributed by atoms with Gasteiger partial charge in [-0.25, -0.2) is 4.98 Å². The maximum absolute atomic E-state index is 12.6. The van der Waals surface area contributed by atoms with Gasteiger partial charge in [0.25, 0.3) is 5.91 Å². The average molecular weight is 309 g/mol. The van der Waals surface area contributed by atoms with E-state index in [2.05, 4.69) is 20.2 Å². The molecule has 1 unspecified atom stereocenters. The summed E-state index contributed by atoms with van der Waals surface area (Å²) in [6.45, 7) is 1.22. The van der Waals surface area contributed by atoms with Crippen molar-refractivity contribution in [3.63, 3.8) is 0 Å². The number of carbonyl (C=O) groups excluding carboxylic acids is 1. The van der Waals surface area contributed by atoms with E-state index in [4.69, 9.17) is 4.74 Å². The molecule has 116 valence electrons. The van der Waals surface area contributed by atoms with Crippen LogP contribution in [-0.2, 0) is 0 Å². The summed E-state index contributed by atoms with van der Waals surface area (Å²) in [6, 6.07) is 9.04. The highest BCUT2D eigenvalue weighted by atomic mass is 16.5. The Labute approximate surface area is 132 Å².